The Morgan fingerprint density at radius 3 is 2.76 bits per heavy atom. The summed E-state index contributed by atoms with van der Waals surface area (Å²) in [4.78, 5) is 20.9. The van der Waals surface area contributed by atoms with Crippen molar-refractivity contribution in [2.75, 3.05) is 56.6 Å². The van der Waals surface area contributed by atoms with Crippen LogP contribution >= 0.6 is 11.6 Å². The first-order valence-electron chi connectivity index (χ1n) is 9.36. The lowest BCUT2D eigenvalue weighted by atomic mass is 10.1. The molecule has 29 heavy (non-hydrogen) atoms. The number of nitrogens with zero attached hydrogens (tertiary/aromatic N) is 3. The molecule has 1 aliphatic heterocycles. The maximum Gasteiger partial charge on any atom is 0.242 e. The second-order valence-electron chi connectivity index (χ2n) is 6.62. The van der Waals surface area contributed by atoms with Crippen molar-refractivity contribution < 1.29 is 9.53 Å². The van der Waals surface area contributed by atoms with Crippen molar-refractivity contribution in [3.8, 4) is 5.75 Å². The van der Waals surface area contributed by atoms with E-state index < -0.39 is 0 Å². The Hall–Kier alpha value is -2.84. The van der Waals surface area contributed by atoms with E-state index in [0.29, 0.717) is 35.2 Å². The van der Waals surface area contributed by atoms with Gasteiger partial charge < -0.3 is 31.0 Å². The van der Waals surface area contributed by atoms with Crippen LogP contribution in [0.1, 0.15) is 5.56 Å². The van der Waals surface area contributed by atoms with Crippen LogP contribution < -0.4 is 20.7 Å². The SMILES string of the molecule is COc1cc(N2CCN(C(=O)CNc3ncccc3C(=N)CN)CC2)ccc1Cl. The molecule has 1 aliphatic rings. The minimum Gasteiger partial charge on any atom is -0.495 e. The highest BCUT2D eigenvalue weighted by atomic mass is 35.5. The van der Waals surface area contributed by atoms with E-state index in [9.17, 15) is 4.79 Å². The molecule has 1 saturated heterocycles. The number of nitrogens with two attached hydrogens (primary N) is 1. The number of rotatable bonds is 7. The van der Waals surface area contributed by atoms with E-state index >= 15 is 0 Å². The second-order valence-corrected chi connectivity index (χ2v) is 7.03. The number of nitrogens with one attached hydrogen (secondary N) is 2. The molecule has 0 radical (unpaired) electrons. The Balaban J connectivity index is 1.55. The molecule has 1 fully saturated rings. The molecule has 4 N–H and O–H groups in total. The van der Waals surface area contributed by atoms with Gasteiger partial charge in [0.05, 0.1) is 24.4 Å². The summed E-state index contributed by atoms with van der Waals surface area (Å²) in [5.41, 5.74) is 7.47. The summed E-state index contributed by atoms with van der Waals surface area (Å²) >= 11 is 6.10. The van der Waals surface area contributed by atoms with Crippen LogP contribution in [0.4, 0.5) is 11.5 Å². The lowest BCUT2D eigenvalue weighted by molar-refractivity contribution is -0.129. The van der Waals surface area contributed by atoms with Gasteiger partial charge in [0.15, 0.2) is 0 Å². The number of methoxy groups -OCH3 is 1. The van der Waals surface area contributed by atoms with Crippen molar-refractivity contribution in [1.29, 1.82) is 5.41 Å². The smallest absolute Gasteiger partial charge is 0.242 e. The third-order valence-electron chi connectivity index (χ3n) is 4.88. The predicted molar refractivity (Wildman–Crippen MR) is 115 cm³/mol. The van der Waals surface area contributed by atoms with Gasteiger partial charge in [-0.25, -0.2) is 4.98 Å². The molecular formula is C20H25ClN6O2. The number of halogens is 1. The summed E-state index contributed by atoms with van der Waals surface area (Å²) in [5.74, 6) is 1.14. The van der Waals surface area contributed by atoms with Crippen molar-refractivity contribution in [3.63, 3.8) is 0 Å². The summed E-state index contributed by atoms with van der Waals surface area (Å²) < 4.78 is 5.28. The third-order valence-corrected chi connectivity index (χ3v) is 5.19. The van der Waals surface area contributed by atoms with Crippen LogP contribution in [0.15, 0.2) is 36.5 Å². The first kappa shape index (κ1) is 20.9. The van der Waals surface area contributed by atoms with Crippen LogP contribution in [-0.2, 0) is 4.79 Å². The van der Waals surface area contributed by atoms with Crippen molar-refractivity contribution in [2.24, 2.45) is 5.73 Å². The standard InChI is InChI=1S/C20H25ClN6O2/c1-29-18-11-14(4-5-16(18)21)26-7-9-27(10-8-26)19(28)13-25-20-15(17(23)12-22)3-2-6-24-20/h2-6,11,23H,7-10,12-13,22H2,1H3,(H,24,25). The summed E-state index contributed by atoms with van der Waals surface area (Å²) in [6, 6.07) is 9.21. The maximum absolute atomic E-state index is 12.6. The molecule has 3 rings (SSSR count). The monoisotopic (exact) mass is 416 g/mol. The lowest BCUT2D eigenvalue weighted by Crippen LogP contribution is -2.50. The van der Waals surface area contributed by atoms with Gasteiger partial charge in [-0.3, -0.25) is 4.79 Å². The van der Waals surface area contributed by atoms with Gasteiger partial charge in [-0.05, 0) is 24.3 Å². The minimum atomic E-state index is -0.00535. The molecule has 0 bridgehead atoms. The van der Waals surface area contributed by atoms with Crippen LogP contribution in [0.25, 0.3) is 0 Å². The highest BCUT2D eigenvalue weighted by Gasteiger charge is 2.22. The fraction of sp³-hybridized carbons (Fsp3) is 0.350. The van der Waals surface area contributed by atoms with Gasteiger partial charge in [-0.15, -0.1) is 0 Å². The molecule has 0 saturated carbocycles. The second kappa shape index (κ2) is 9.58. The zero-order valence-corrected chi connectivity index (χ0v) is 17.1. The molecule has 1 aromatic carbocycles. The molecule has 0 aliphatic carbocycles. The zero-order valence-electron chi connectivity index (χ0n) is 16.3. The molecule has 2 heterocycles. The van der Waals surface area contributed by atoms with Gasteiger partial charge in [0, 0.05) is 56.2 Å². The average molecular weight is 417 g/mol. The quantitative estimate of drug-likeness (QED) is 0.594. The van der Waals surface area contributed by atoms with Gasteiger partial charge in [0.25, 0.3) is 0 Å². The van der Waals surface area contributed by atoms with Crippen LogP contribution in [0, 0.1) is 5.41 Å². The maximum atomic E-state index is 12.6. The Morgan fingerprint density at radius 1 is 1.31 bits per heavy atom. The number of benzene rings is 1. The van der Waals surface area contributed by atoms with Gasteiger partial charge in [0.2, 0.25) is 5.91 Å². The number of pyridine rings is 1. The first-order valence-corrected chi connectivity index (χ1v) is 9.74. The number of piperazine rings is 1. The predicted octanol–water partition coefficient (Wildman–Crippen LogP) is 1.83. The summed E-state index contributed by atoms with van der Waals surface area (Å²) in [6.07, 6.45) is 1.62. The van der Waals surface area contributed by atoms with Crippen molar-refractivity contribution in [3.05, 3.63) is 47.1 Å². The highest BCUT2D eigenvalue weighted by molar-refractivity contribution is 6.32. The third kappa shape index (κ3) is 4.96. The van der Waals surface area contributed by atoms with Crippen molar-refractivity contribution >= 4 is 34.7 Å². The van der Waals surface area contributed by atoms with Gasteiger partial charge in [-0.1, -0.05) is 11.6 Å². The fourth-order valence-electron chi connectivity index (χ4n) is 3.23. The van der Waals surface area contributed by atoms with E-state index in [0.717, 1.165) is 18.8 Å². The molecule has 9 heteroatoms. The highest BCUT2D eigenvalue weighted by Crippen LogP contribution is 2.29. The molecule has 1 amide bonds. The number of aromatic nitrogens is 1. The summed E-state index contributed by atoms with van der Waals surface area (Å²) in [5, 5.41) is 11.5. The number of carbonyl (C=O) groups excluding carboxylic acids is 1. The summed E-state index contributed by atoms with van der Waals surface area (Å²) in [6.45, 7) is 2.94. The van der Waals surface area contributed by atoms with E-state index in [1.807, 2.05) is 23.1 Å². The Labute approximate surface area is 175 Å². The molecule has 0 unspecified atom stereocenters. The number of carbonyl (C=O) groups is 1. The van der Waals surface area contributed by atoms with Gasteiger partial charge >= 0.3 is 0 Å². The molecule has 1 aromatic heterocycles. The number of hydrogen-bond donors (Lipinski definition) is 3. The van der Waals surface area contributed by atoms with Crippen LogP contribution in [0.3, 0.4) is 0 Å². The zero-order chi connectivity index (χ0) is 20.8. The van der Waals surface area contributed by atoms with E-state index in [2.05, 4.69) is 15.2 Å². The fourth-order valence-corrected chi connectivity index (χ4v) is 3.42. The molecule has 2 aromatic rings. The largest absolute Gasteiger partial charge is 0.495 e. The Kier molecular flexibility index (Phi) is 6.90. The Bertz CT molecular complexity index is 883. The normalized spacial score (nSPS) is 13.9. The van der Waals surface area contributed by atoms with E-state index in [4.69, 9.17) is 27.5 Å². The molecule has 0 spiro atoms. The lowest BCUT2D eigenvalue weighted by Gasteiger charge is -2.36. The Morgan fingerprint density at radius 2 is 2.07 bits per heavy atom. The average Bonchev–Trinajstić information content (AvgIpc) is 2.77. The number of anilines is 2. The topological polar surface area (TPSA) is 108 Å². The van der Waals surface area contributed by atoms with Crippen molar-refractivity contribution in [2.45, 2.75) is 0 Å². The molecule has 8 nitrogen and oxygen atoms in total. The van der Waals surface area contributed by atoms with E-state index in [1.54, 1.807) is 25.4 Å². The van der Waals surface area contributed by atoms with Crippen LogP contribution in [-0.4, -0.2) is 67.9 Å². The van der Waals surface area contributed by atoms with Crippen LogP contribution in [0.2, 0.25) is 5.02 Å². The van der Waals surface area contributed by atoms with Crippen molar-refractivity contribution in [1.82, 2.24) is 9.88 Å². The number of amides is 1. The van der Waals surface area contributed by atoms with E-state index in [-0.39, 0.29) is 24.7 Å². The summed E-state index contributed by atoms with van der Waals surface area (Å²) in [7, 11) is 1.59. The van der Waals surface area contributed by atoms with Crippen LogP contribution in [0.5, 0.6) is 5.75 Å². The van der Waals surface area contributed by atoms with E-state index in [1.165, 1.54) is 0 Å². The van der Waals surface area contributed by atoms with Gasteiger partial charge in [0.1, 0.15) is 11.6 Å². The molecular weight excluding hydrogens is 392 g/mol. The number of ether oxygens (including phenoxy) is 1. The van der Waals surface area contributed by atoms with Gasteiger partial charge in [-0.2, -0.15) is 0 Å². The molecule has 0 atom stereocenters. The number of hydrogen-bond acceptors (Lipinski definition) is 7. The minimum absolute atomic E-state index is 0.00535. The first-order chi connectivity index (χ1) is 14.0. The molecule has 154 valence electrons.